The van der Waals surface area contributed by atoms with Crippen LogP contribution in [0.1, 0.15) is 26.7 Å². The molecule has 0 fully saturated rings. The lowest BCUT2D eigenvalue weighted by molar-refractivity contribution is -0.118. The minimum absolute atomic E-state index is 0. The SMILES string of the molecule is CCC(N)(CC)CNC(=O)CSCC(N)=O.Cl. The van der Waals surface area contributed by atoms with Crippen LogP contribution in [0.2, 0.25) is 0 Å². The molecule has 0 radical (unpaired) electrons. The molecule has 5 nitrogen and oxygen atoms in total. The van der Waals surface area contributed by atoms with E-state index in [1.54, 1.807) is 0 Å². The second kappa shape index (κ2) is 9.56. The van der Waals surface area contributed by atoms with Crippen molar-refractivity contribution in [1.29, 1.82) is 0 Å². The molecular weight excluding hydrogens is 262 g/mol. The van der Waals surface area contributed by atoms with Gasteiger partial charge in [-0.15, -0.1) is 24.2 Å². The molecule has 7 heteroatoms. The molecule has 0 aromatic carbocycles. The van der Waals surface area contributed by atoms with E-state index in [0.717, 1.165) is 12.8 Å². The summed E-state index contributed by atoms with van der Waals surface area (Å²) in [6.07, 6.45) is 1.64. The second-order valence-corrected chi connectivity index (χ2v) is 4.79. The van der Waals surface area contributed by atoms with Gasteiger partial charge in [-0.3, -0.25) is 9.59 Å². The summed E-state index contributed by atoms with van der Waals surface area (Å²) in [4.78, 5) is 21.8. The van der Waals surface area contributed by atoms with Gasteiger partial charge in [0.1, 0.15) is 0 Å². The van der Waals surface area contributed by atoms with Crippen LogP contribution in [0.3, 0.4) is 0 Å². The average molecular weight is 284 g/mol. The first-order valence-corrected chi connectivity index (χ1v) is 6.50. The smallest absolute Gasteiger partial charge is 0.230 e. The average Bonchev–Trinajstić information content (AvgIpc) is 2.25. The van der Waals surface area contributed by atoms with Crippen molar-refractivity contribution in [1.82, 2.24) is 5.32 Å². The molecule has 0 rings (SSSR count). The summed E-state index contributed by atoms with van der Waals surface area (Å²) in [5.41, 5.74) is 10.7. The van der Waals surface area contributed by atoms with Crippen LogP contribution in [0.25, 0.3) is 0 Å². The van der Waals surface area contributed by atoms with Crippen molar-refractivity contribution < 1.29 is 9.59 Å². The van der Waals surface area contributed by atoms with Crippen LogP contribution in [0.5, 0.6) is 0 Å². The third kappa shape index (κ3) is 9.26. The van der Waals surface area contributed by atoms with Gasteiger partial charge < -0.3 is 16.8 Å². The van der Waals surface area contributed by atoms with Crippen molar-refractivity contribution in [2.75, 3.05) is 18.1 Å². The van der Waals surface area contributed by atoms with E-state index in [1.807, 2.05) is 13.8 Å². The lowest BCUT2D eigenvalue weighted by Crippen LogP contribution is -2.49. The van der Waals surface area contributed by atoms with E-state index >= 15 is 0 Å². The van der Waals surface area contributed by atoms with Crippen LogP contribution in [-0.2, 0) is 9.59 Å². The number of primary amides is 1. The minimum atomic E-state index is -0.409. The highest BCUT2D eigenvalue weighted by molar-refractivity contribution is 8.00. The van der Waals surface area contributed by atoms with Crippen LogP contribution in [-0.4, -0.2) is 35.4 Å². The van der Waals surface area contributed by atoms with Crippen LogP contribution < -0.4 is 16.8 Å². The number of nitrogens with two attached hydrogens (primary N) is 2. The fourth-order valence-corrected chi connectivity index (χ4v) is 1.66. The Bertz CT molecular complexity index is 248. The first kappa shape index (κ1) is 18.9. The maximum absolute atomic E-state index is 11.4. The number of thioether (sulfide) groups is 1. The van der Waals surface area contributed by atoms with Gasteiger partial charge in [0.25, 0.3) is 0 Å². The second-order valence-electron chi connectivity index (χ2n) is 3.81. The Labute approximate surface area is 113 Å². The number of carbonyl (C=O) groups is 2. The summed E-state index contributed by atoms with van der Waals surface area (Å²) in [5.74, 6) is -0.106. The molecule has 0 spiro atoms. The highest BCUT2D eigenvalue weighted by Gasteiger charge is 2.20. The lowest BCUT2D eigenvalue weighted by atomic mass is 9.94. The largest absolute Gasteiger partial charge is 0.369 e. The molecule has 0 aromatic rings. The van der Waals surface area contributed by atoms with E-state index in [1.165, 1.54) is 11.8 Å². The molecule has 0 saturated carbocycles. The fourth-order valence-electron chi connectivity index (χ4n) is 1.07. The Hall–Kier alpha value is -0.460. The zero-order valence-corrected chi connectivity index (χ0v) is 12.0. The van der Waals surface area contributed by atoms with Gasteiger partial charge in [-0.05, 0) is 12.8 Å². The molecule has 0 saturated heterocycles. The molecule has 0 heterocycles. The number of carbonyl (C=O) groups excluding carboxylic acids is 2. The third-order valence-corrected chi connectivity index (χ3v) is 3.48. The molecular formula is C10H22ClN3O2S. The molecule has 102 valence electrons. The number of hydrogen-bond donors (Lipinski definition) is 3. The summed E-state index contributed by atoms with van der Waals surface area (Å²) in [5, 5.41) is 2.76. The molecule has 0 unspecified atom stereocenters. The van der Waals surface area contributed by atoms with E-state index in [9.17, 15) is 9.59 Å². The van der Waals surface area contributed by atoms with Crippen molar-refractivity contribution >= 4 is 36.0 Å². The molecule has 0 aliphatic carbocycles. The monoisotopic (exact) mass is 283 g/mol. The Balaban J connectivity index is 0. The Kier molecular flexibility index (Phi) is 10.6. The van der Waals surface area contributed by atoms with E-state index in [2.05, 4.69) is 5.32 Å². The molecule has 5 N–H and O–H groups in total. The Morgan fingerprint density at radius 2 is 1.76 bits per heavy atom. The quantitative estimate of drug-likeness (QED) is 0.595. The van der Waals surface area contributed by atoms with Crippen LogP contribution in [0.15, 0.2) is 0 Å². The normalized spacial score (nSPS) is 10.5. The molecule has 0 atom stereocenters. The van der Waals surface area contributed by atoms with Gasteiger partial charge >= 0.3 is 0 Å². The number of hydrogen-bond acceptors (Lipinski definition) is 4. The van der Waals surface area contributed by atoms with Crippen molar-refractivity contribution in [3.8, 4) is 0 Å². The first-order valence-electron chi connectivity index (χ1n) is 5.35. The molecule has 17 heavy (non-hydrogen) atoms. The summed E-state index contributed by atoms with van der Waals surface area (Å²) in [6, 6.07) is 0. The highest BCUT2D eigenvalue weighted by Crippen LogP contribution is 2.09. The van der Waals surface area contributed by atoms with Crippen LogP contribution in [0, 0.1) is 0 Å². The van der Waals surface area contributed by atoms with E-state index in [0.29, 0.717) is 6.54 Å². The van der Waals surface area contributed by atoms with Gasteiger partial charge in [0, 0.05) is 12.1 Å². The number of amides is 2. The predicted octanol–water partition coefficient (Wildman–Crippen LogP) is 0.260. The lowest BCUT2D eigenvalue weighted by Gasteiger charge is -2.26. The van der Waals surface area contributed by atoms with Crippen molar-refractivity contribution in [2.24, 2.45) is 11.5 Å². The van der Waals surface area contributed by atoms with E-state index < -0.39 is 5.91 Å². The van der Waals surface area contributed by atoms with E-state index in [4.69, 9.17) is 11.5 Å². The van der Waals surface area contributed by atoms with Crippen LogP contribution in [0.4, 0.5) is 0 Å². The Morgan fingerprint density at radius 1 is 1.24 bits per heavy atom. The van der Waals surface area contributed by atoms with Gasteiger partial charge in [-0.1, -0.05) is 13.8 Å². The summed E-state index contributed by atoms with van der Waals surface area (Å²) in [7, 11) is 0. The predicted molar refractivity (Wildman–Crippen MR) is 74.3 cm³/mol. The van der Waals surface area contributed by atoms with Crippen molar-refractivity contribution in [3.05, 3.63) is 0 Å². The van der Waals surface area contributed by atoms with Crippen LogP contribution >= 0.6 is 24.2 Å². The standard InChI is InChI=1S/C10H21N3O2S.ClH/c1-3-10(12,4-2)7-13-9(15)6-16-5-8(11)14;/h3-7,12H2,1-2H3,(H2,11,14)(H,13,15);1H. The topological polar surface area (TPSA) is 98.2 Å². The number of halogens is 1. The van der Waals surface area contributed by atoms with Gasteiger partial charge in [-0.2, -0.15) is 0 Å². The van der Waals surface area contributed by atoms with Gasteiger partial charge in [0.15, 0.2) is 0 Å². The summed E-state index contributed by atoms with van der Waals surface area (Å²) < 4.78 is 0. The number of nitrogens with one attached hydrogen (secondary N) is 1. The molecule has 0 bridgehead atoms. The first-order chi connectivity index (χ1) is 7.43. The fraction of sp³-hybridized carbons (Fsp3) is 0.800. The zero-order chi connectivity index (χ0) is 12.6. The zero-order valence-electron chi connectivity index (χ0n) is 10.3. The summed E-state index contributed by atoms with van der Waals surface area (Å²) >= 11 is 1.21. The molecule has 2 amide bonds. The summed E-state index contributed by atoms with van der Waals surface area (Å²) in [6.45, 7) is 4.46. The minimum Gasteiger partial charge on any atom is -0.369 e. The number of rotatable bonds is 8. The molecule has 0 aliphatic heterocycles. The maximum Gasteiger partial charge on any atom is 0.230 e. The highest BCUT2D eigenvalue weighted by atomic mass is 35.5. The maximum atomic E-state index is 11.4. The Morgan fingerprint density at radius 3 is 2.18 bits per heavy atom. The van der Waals surface area contributed by atoms with Gasteiger partial charge in [-0.25, -0.2) is 0 Å². The van der Waals surface area contributed by atoms with E-state index in [-0.39, 0.29) is 35.4 Å². The molecule has 0 aromatic heterocycles. The van der Waals surface area contributed by atoms with Crippen molar-refractivity contribution in [3.63, 3.8) is 0 Å². The van der Waals surface area contributed by atoms with Crippen molar-refractivity contribution in [2.45, 2.75) is 32.2 Å². The van der Waals surface area contributed by atoms with Gasteiger partial charge in [0.05, 0.1) is 11.5 Å². The third-order valence-electron chi connectivity index (χ3n) is 2.52. The molecule has 0 aliphatic rings. The van der Waals surface area contributed by atoms with Gasteiger partial charge in [0.2, 0.25) is 11.8 Å².